The molecule has 1 aliphatic heterocycles. The molecule has 0 radical (unpaired) electrons. The number of hydrogen-bond donors (Lipinski definition) is 2. The zero-order valence-electron chi connectivity index (χ0n) is 7.04. The highest BCUT2D eigenvalue weighted by molar-refractivity contribution is 5.65. The lowest BCUT2D eigenvalue weighted by molar-refractivity contribution is -0.0964. The monoisotopic (exact) mass is 194 g/mol. The lowest BCUT2D eigenvalue weighted by Gasteiger charge is -2.36. The minimum absolute atomic E-state index is 0.112. The van der Waals surface area contributed by atoms with Crippen LogP contribution in [-0.2, 0) is 0 Å². The molecule has 3 N–H and O–H groups in total. The molecular formula is C7H12F2N2O2. The third-order valence-corrected chi connectivity index (χ3v) is 2.31. The topological polar surface area (TPSA) is 66.6 Å². The molecule has 6 heteroatoms. The van der Waals surface area contributed by atoms with Gasteiger partial charge in [-0.3, -0.25) is 0 Å². The second kappa shape index (κ2) is 3.45. The van der Waals surface area contributed by atoms with Crippen molar-refractivity contribution >= 4 is 6.09 Å². The van der Waals surface area contributed by atoms with Crippen LogP contribution in [0.1, 0.15) is 6.42 Å². The van der Waals surface area contributed by atoms with Crippen molar-refractivity contribution in [3.63, 3.8) is 0 Å². The minimum Gasteiger partial charge on any atom is -0.465 e. The number of nitrogens with two attached hydrogens (primary N) is 1. The number of carboxylic acid groups (broad SMARTS) is 1. The van der Waals surface area contributed by atoms with Crippen molar-refractivity contribution in [3.8, 4) is 0 Å². The normalized spacial score (nSPS) is 27.3. The Kier molecular flexibility index (Phi) is 2.70. The summed E-state index contributed by atoms with van der Waals surface area (Å²) in [5.41, 5.74) is 5.14. The van der Waals surface area contributed by atoms with E-state index in [1.165, 1.54) is 0 Å². The van der Waals surface area contributed by atoms with Crippen LogP contribution in [0.25, 0.3) is 0 Å². The van der Waals surface area contributed by atoms with Gasteiger partial charge in [-0.25, -0.2) is 13.6 Å². The Morgan fingerprint density at radius 3 is 2.77 bits per heavy atom. The Morgan fingerprint density at radius 2 is 2.31 bits per heavy atom. The predicted molar refractivity (Wildman–Crippen MR) is 41.7 cm³/mol. The summed E-state index contributed by atoms with van der Waals surface area (Å²) >= 11 is 0. The maximum absolute atomic E-state index is 13.0. The standard InChI is InChI=1S/C7H12F2N2O2/c8-7(9)1-2-11(6(12)13)4-5(7)3-10/h5H,1-4,10H2,(H,12,13). The largest absolute Gasteiger partial charge is 0.465 e. The predicted octanol–water partition coefficient (Wildman–Crippen LogP) is 0.580. The Balaban J connectivity index is 2.63. The summed E-state index contributed by atoms with van der Waals surface area (Å²) in [6.07, 6.45) is -1.59. The SMILES string of the molecule is NCC1CN(C(=O)O)CCC1(F)F. The maximum Gasteiger partial charge on any atom is 0.407 e. The van der Waals surface area contributed by atoms with Gasteiger partial charge in [-0.15, -0.1) is 0 Å². The van der Waals surface area contributed by atoms with E-state index in [0.717, 1.165) is 4.90 Å². The number of rotatable bonds is 1. The zero-order chi connectivity index (χ0) is 10.1. The fourth-order valence-electron chi connectivity index (χ4n) is 1.40. The van der Waals surface area contributed by atoms with Gasteiger partial charge in [-0.1, -0.05) is 0 Å². The van der Waals surface area contributed by atoms with E-state index in [0.29, 0.717) is 0 Å². The second-order valence-corrected chi connectivity index (χ2v) is 3.17. The summed E-state index contributed by atoms with van der Waals surface area (Å²) in [7, 11) is 0. The van der Waals surface area contributed by atoms with E-state index in [2.05, 4.69) is 0 Å². The summed E-state index contributed by atoms with van der Waals surface area (Å²) in [6, 6.07) is 0. The highest BCUT2D eigenvalue weighted by Gasteiger charge is 2.44. The van der Waals surface area contributed by atoms with Gasteiger partial charge in [0, 0.05) is 26.1 Å². The van der Waals surface area contributed by atoms with Crippen LogP contribution in [-0.4, -0.2) is 41.7 Å². The molecule has 4 nitrogen and oxygen atoms in total. The third kappa shape index (κ3) is 2.06. The first-order chi connectivity index (χ1) is 5.97. The van der Waals surface area contributed by atoms with Crippen molar-refractivity contribution in [3.05, 3.63) is 0 Å². The molecule has 1 saturated heterocycles. The Morgan fingerprint density at radius 1 is 1.69 bits per heavy atom. The van der Waals surface area contributed by atoms with E-state index < -0.39 is 24.4 Å². The third-order valence-electron chi connectivity index (χ3n) is 2.31. The van der Waals surface area contributed by atoms with E-state index in [1.807, 2.05) is 0 Å². The van der Waals surface area contributed by atoms with Crippen molar-refractivity contribution in [1.29, 1.82) is 0 Å². The van der Waals surface area contributed by atoms with Gasteiger partial charge in [0.2, 0.25) is 0 Å². The zero-order valence-corrected chi connectivity index (χ0v) is 7.04. The lowest BCUT2D eigenvalue weighted by atomic mass is 9.94. The van der Waals surface area contributed by atoms with Crippen molar-refractivity contribution < 1.29 is 18.7 Å². The Labute approximate surface area is 74.3 Å². The molecule has 0 spiro atoms. The number of piperidine rings is 1. The molecule has 13 heavy (non-hydrogen) atoms. The number of alkyl halides is 2. The van der Waals surface area contributed by atoms with Crippen LogP contribution in [0.5, 0.6) is 0 Å². The lowest BCUT2D eigenvalue weighted by Crippen LogP contribution is -2.51. The summed E-state index contributed by atoms with van der Waals surface area (Å²) in [5, 5.41) is 8.56. The Bertz CT molecular complexity index is 211. The van der Waals surface area contributed by atoms with Gasteiger partial charge in [-0.05, 0) is 0 Å². The summed E-state index contributed by atoms with van der Waals surface area (Å²) in [4.78, 5) is 11.4. The van der Waals surface area contributed by atoms with Crippen LogP contribution >= 0.6 is 0 Å². The molecule has 1 aliphatic rings. The molecule has 1 fully saturated rings. The van der Waals surface area contributed by atoms with E-state index in [1.54, 1.807) is 0 Å². The molecule has 0 aromatic heterocycles. The highest BCUT2D eigenvalue weighted by Crippen LogP contribution is 2.32. The van der Waals surface area contributed by atoms with Crippen molar-refractivity contribution in [1.82, 2.24) is 4.90 Å². The minimum atomic E-state index is -2.82. The van der Waals surface area contributed by atoms with E-state index in [4.69, 9.17) is 10.8 Å². The van der Waals surface area contributed by atoms with Crippen LogP contribution in [0.2, 0.25) is 0 Å². The molecule has 0 aliphatic carbocycles. The van der Waals surface area contributed by atoms with E-state index in [9.17, 15) is 13.6 Å². The molecule has 1 amide bonds. The smallest absolute Gasteiger partial charge is 0.407 e. The average Bonchev–Trinajstić information content (AvgIpc) is 2.03. The fraction of sp³-hybridized carbons (Fsp3) is 0.857. The quantitative estimate of drug-likeness (QED) is 0.641. The second-order valence-electron chi connectivity index (χ2n) is 3.17. The molecule has 0 bridgehead atoms. The van der Waals surface area contributed by atoms with Crippen molar-refractivity contribution in [2.75, 3.05) is 19.6 Å². The molecular weight excluding hydrogens is 182 g/mol. The van der Waals surface area contributed by atoms with Crippen molar-refractivity contribution in [2.45, 2.75) is 12.3 Å². The van der Waals surface area contributed by atoms with Gasteiger partial charge in [0.25, 0.3) is 5.92 Å². The van der Waals surface area contributed by atoms with Gasteiger partial charge in [0.05, 0.1) is 5.92 Å². The highest BCUT2D eigenvalue weighted by atomic mass is 19.3. The molecule has 0 saturated carbocycles. The number of halogens is 2. The first-order valence-corrected chi connectivity index (χ1v) is 4.03. The molecule has 1 heterocycles. The molecule has 0 aromatic carbocycles. The van der Waals surface area contributed by atoms with Gasteiger partial charge < -0.3 is 15.7 Å². The van der Waals surface area contributed by atoms with Crippen LogP contribution in [0.3, 0.4) is 0 Å². The molecule has 1 unspecified atom stereocenters. The summed E-state index contributed by atoms with van der Waals surface area (Å²) in [5.74, 6) is -3.86. The molecule has 1 atom stereocenters. The molecule has 76 valence electrons. The first-order valence-electron chi connectivity index (χ1n) is 4.03. The van der Waals surface area contributed by atoms with Crippen molar-refractivity contribution in [2.24, 2.45) is 11.7 Å². The van der Waals surface area contributed by atoms with E-state index >= 15 is 0 Å². The van der Waals surface area contributed by atoms with Crippen LogP contribution in [0.4, 0.5) is 13.6 Å². The van der Waals surface area contributed by atoms with Gasteiger partial charge in [0.1, 0.15) is 0 Å². The number of nitrogens with zero attached hydrogens (tertiary/aromatic N) is 1. The molecule has 1 rings (SSSR count). The van der Waals surface area contributed by atoms with Crippen LogP contribution < -0.4 is 5.73 Å². The van der Waals surface area contributed by atoms with Gasteiger partial charge in [0.15, 0.2) is 0 Å². The van der Waals surface area contributed by atoms with E-state index in [-0.39, 0.29) is 19.6 Å². The summed E-state index contributed by atoms with van der Waals surface area (Å²) < 4.78 is 26.0. The first kappa shape index (κ1) is 10.2. The van der Waals surface area contributed by atoms with Gasteiger partial charge in [-0.2, -0.15) is 0 Å². The van der Waals surface area contributed by atoms with Crippen LogP contribution in [0.15, 0.2) is 0 Å². The summed E-state index contributed by atoms with van der Waals surface area (Å²) in [6.45, 7) is -0.464. The number of hydrogen-bond acceptors (Lipinski definition) is 2. The van der Waals surface area contributed by atoms with Crippen LogP contribution in [0, 0.1) is 5.92 Å². The number of likely N-dealkylation sites (tertiary alicyclic amines) is 1. The molecule has 0 aromatic rings. The average molecular weight is 194 g/mol. The maximum atomic E-state index is 13.0. The fourth-order valence-corrected chi connectivity index (χ4v) is 1.40. The Hall–Kier alpha value is -0.910. The number of carbonyl (C=O) groups is 1. The number of amides is 1. The van der Waals surface area contributed by atoms with Gasteiger partial charge >= 0.3 is 6.09 Å².